The highest BCUT2D eigenvalue weighted by Gasteiger charge is 2.19. The molecule has 1 atom stereocenters. The summed E-state index contributed by atoms with van der Waals surface area (Å²) < 4.78 is 16.0. The van der Waals surface area contributed by atoms with Crippen molar-refractivity contribution < 1.29 is 19.3 Å². The fraction of sp³-hybridized carbons (Fsp3) is 1.00. The van der Waals surface area contributed by atoms with E-state index in [9.17, 15) is 5.11 Å². The molecule has 0 aliphatic carbocycles. The second-order valence-electron chi connectivity index (χ2n) is 3.90. The maximum atomic E-state index is 10.2. The minimum absolute atomic E-state index is 0.131. The van der Waals surface area contributed by atoms with Crippen LogP contribution in [0.5, 0.6) is 0 Å². The van der Waals surface area contributed by atoms with Gasteiger partial charge in [-0.1, -0.05) is 0 Å². The van der Waals surface area contributed by atoms with Crippen LogP contribution in [0.4, 0.5) is 0 Å². The lowest BCUT2D eigenvalue weighted by Crippen LogP contribution is -2.31. The fourth-order valence-corrected chi connectivity index (χ4v) is 0.779. The van der Waals surface area contributed by atoms with Crippen LogP contribution in [0.15, 0.2) is 0 Å². The summed E-state index contributed by atoms with van der Waals surface area (Å²) in [7, 11) is 0. The Morgan fingerprint density at radius 1 is 1.21 bits per heavy atom. The van der Waals surface area contributed by atoms with E-state index in [2.05, 4.69) is 0 Å². The van der Waals surface area contributed by atoms with Gasteiger partial charge in [0.2, 0.25) is 0 Å². The summed E-state index contributed by atoms with van der Waals surface area (Å²) in [5.41, 5.74) is -0.308. The number of rotatable bonds is 7. The molecule has 0 aromatic carbocycles. The molecule has 0 N–H and O–H groups in total. The molecule has 0 amide bonds. The molecule has 85 valence electrons. The van der Waals surface area contributed by atoms with E-state index in [0.29, 0.717) is 19.6 Å². The van der Waals surface area contributed by atoms with Gasteiger partial charge in [0.15, 0.2) is 0 Å². The van der Waals surface area contributed by atoms with Crippen molar-refractivity contribution in [1.29, 1.82) is 0 Å². The first kappa shape index (κ1) is 13.8. The van der Waals surface area contributed by atoms with Crippen LogP contribution in [0.3, 0.4) is 0 Å². The normalized spacial score (nSPS) is 14.4. The molecule has 0 spiro atoms. The molecule has 0 saturated heterocycles. The molecule has 1 radical (unpaired) electrons. The first-order valence-corrected chi connectivity index (χ1v) is 4.98. The number of hydrogen-bond acceptors (Lipinski definition) is 3. The Balaban J connectivity index is 3.77. The molecular weight excluding hydrogens is 184 g/mol. The lowest BCUT2D eigenvalue weighted by atomic mass is 10.2. The summed E-state index contributed by atoms with van der Waals surface area (Å²) in [6.45, 7) is 7.76. The molecule has 4 nitrogen and oxygen atoms in total. The minimum atomic E-state index is -0.661. The molecule has 0 aromatic rings. The molecule has 0 aromatic heterocycles. The van der Waals surface area contributed by atoms with Gasteiger partial charge in [-0.05, 0) is 34.1 Å². The predicted molar refractivity (Wildman–Crippen MR) is 52.4 cm³/mol. The van der Waals surface area contributed by atoms with Crippen molar-refractivity contribution >= 4 is 0 Å². The zero-order valence-electron chi connectivity index (χ0n) is 9.54. The lowest BCUT2D eigenvalue weighted by molar-refractivity contribution is -0.318. The first-order chi connectivity index (χ1) is 6.49. The average molecular weight is 205 g/mol. The van der Waals surface area contributed by atoms with Crippen molar-refractivity contribution in [2.75, 3.05) is 19.8 Å². The summed E-state index contributed by atoms with van der Waals surface area (Å²) in [4.78, 5) is 0. The van der Waals surface area contributed by atoms with Crippen molar-refractivity contribution in [3.8, 4) is 0 Å². The third kappa shape index (κ3) is 8.44. The van der Waals surface area contributed by atoms with Crippen molar-refractivity contribution in [3.63, 3.8) is 0 Å². The van der Waals surface area contributed by atoms with Gasteiger partial charge in [-0.15, -0.1) is 0 Å². The van der Waals surface area contributed by atoms with Gasteiger partial charge in [0, 0.05) is 6.61 Å². The predicted octanol–water partition coefficient (Wildman–Crippen LogP) is 1.96. The van der Waals surface area contributed by atoms with E-state index in [1.165, 1.54) is 0 Å². The van der Waals surface area contributed by atoms with Gasteiger partial charge in [-0.2, -0.15) is 0 Å². The van der Waals surface area contributed by atoms with Gasteiger partial charge in [0.05, 0.1) is 18.8 Å². The largest absolute Gasteiger partial charge is 0.330 e. The zero-order chi connectivity index (χ0) is 11.0. The van der Waals surface area contributed by atoms with Crippen LogP contribution in [-0.4, -0.2) is 31.9 Å². The summed E-state index contributed by atoms with van der Waals surface area (Å²) in [6.07, 6.45) is 0.483. The Kier molecular flexibility index (Phi) is 7.09. The minimum Gasteiger partial charge on any atom is -0.330 e. The van der Waals surface area contributed by atoms with Crippen LogP contribution >= 0.6 is 0 Å². The van der Waals surface area contributed by atoms with Crippen LogP contribution < -0.4 is 0 Å². The summed E-state index contributed by atoms with van der Waals surface area (Å²) in [5.74, 6) is 0. The van der Waals surface area contributed by atoms with Gasteiger partial charge in [-0.25, -0.2) is 5.11 Å². The SMILES string of the molecule is CCOC(OCCC[O])OC(C)(C)C. The summed E-state index contributed by atoms with van der Waals surface area (Å²) >= 11 is 0. The Labute approximate surface area is 86.2 Å². The molecule has 0 fully saturated rings. The van der Waals surface area contributed by atoms with E-state index in [1.807, 2.05) is 27.7 Å². The van der Waals surface area contributed by atoms with Gasteiger partial charge in [0.25, 0.3) is 6.48 Å². The van der Waals surface area contributed by atoms with Crippen molar-refractivity contribution in [2.24, 2.45) is 0 Å². The lowest BCUT2D eigenvalue weighted by Gasteiger charge is -2.26. The Morgan fingerprint density at radius 3 is 2.29 bits per heavy atom. The van der Waals surface area contributed by atoms with Gasteiger partial charge < -0.3 is 14.2 Å². The molecular formula is C10H21O4. The smallest absolute Gasteiger partial charge is 0.272 e. The topological polar surface area (TPSA) is 47.6 Å². The van der Waals surface area contributed by atoms with E-state index in [-0.39, 0.29) is 12.2 Å². The third-order valence-electron chi connectivity index (χ3n) is 1.30. The number of ether oxygens (including phenoxy) is 3. The second-order valence-corrected chi connectivity index (χ2v) is 3.90. The van der Waals surface area contributed by atoms with Gasteiger partial charge in [-0.3, -0.25) is 0 Å². The molecule has 4 heteroatoms. The summed E-state index contributed by atoms with van der Waals surface area (Å²) in [5, 5.41) is 10.2. The van der Waals surface area contributed by atoms with Crippen LogP contribution in [-0.2, 0) is 19.3 Å². The Bertz CT molecular complexity index is 131. The zero-order valence-corrected chi connectivity index (χ0v) is 9.54. The molecule has 0 aliphatic rings. The molecule has 0 aliphatic heterocycles. The molecule has 0 rings (SSSR count). The van der Waals surface area contributed by atoms with Crippen LogP contribution in [0.25, 0.3) is 0 Å². The monoisotopic (exact) mass is 205 g/mol. The second kappa shape index (κ2) is 7.17. The average Bonchev–Trinajstić information content (AvgIpc) is 2.02. The maximum Gasteiger partial charge on any atom is 0.272 e. The van der Waals surface area contributed by atoms with Crippen LogP contribution in [0, 0.1) is 0 Å². The fourth-order valence-electron chi connectivity index (χ4n) is 0.779. The van der Waals surface area contributed by atoms with E-state index >= 15 is 0 Å². The Morgan fingerprint density at radius 2 is 1.86 bits per heavy atom. The van der Waals surface area contributed by atoms with E-state index in [1.54, 1.807) is 0 Å². The molecule has 0 saturated carbocycles. The highest BCUT2D eigenvalue weighted by molar-refractivity contribution is 4.58. The van der Waals surface area contributed by atoms with Crippen LogP contribution in [0.2, 0.25) is 0 Å². The van der Waals surface area contributed by atoms with Crippen molar-refractivity contribution in [3.05, 3.63) is 0 Å². The highest BCUT2D eigenvalue weighted by Crippen LogP contribution is 2.12. The Hall–Kier alpha value is -0.160. The molecule has 1 unspecified atom stereocenters. The van der Waals surface area contributed by atoms with Gasteiger partial charge >= 0.3 is 0 Å². The molecule has 0 bridgehead atoms. The third-order valence-corrected chi connectivity index (χ3v) is 1.30. The standard InChI is InChI=1S/C10H21O4/c1-5-12-9(13-8-6-7-11)14-10(2,3)4/h9H,5-8H2,1-4H3. The summed E-state index contributed by atoms with van der Waals surface area (Å²) in [6, 6.07) is 0. The van der Waals surface area contributed by atoms with Gasteiger partial charge in [0.1, 0.15) is 0 Å². The maximum absolute atomic E-state index is 10.2. The first-order valence-electron chi connectivity index (χ1n) is 4.98. The molecule has 0 heterocycles. The quantitative estimate of drug-likeness (QED) is 0.471. The van der Waals surface area contributed by atoms with E-state index < -0.39 is 6.48 Å². The number of hydrogen-bond donors (Lipinski definition) is 0. The highest BCUT2D eigenvalue weighted by atomic mass is 16.8. The molecule has 14 heavy (non-hydrogen) atoms. The van der Waals surface area contributed by atoms with E-state index in [4.69, 9.17) is 14.2 Å². The van der Waals surface area contributed by atoms with Crippen LogP contribution in [0.1, 0.15) is 34.1 Å². The van der Waals surface area contributed by atoms with E-state index in [0.717, 1.165) is 0 Å². The van der Waals surface area contributed by atoms with Crippen molar-refractivity contribution in [2.45, 2.75) is 46.2 Å². The van der Waals surface area contributed by atoms with Crippen molar-refractivity contribution in [1.82, 2.24) is 0 Å².